The van der Waals surface area contributed by atoms with E-state index in [9.17, 15) is 4.79 Å². The summed E-state index contributed by atoms with van der Waals surface area (Å²) >= 11 is 7.39. The SMILES string of the molecule is CC(N)Cc1ccc(Cl)cc1Sc1nccc(=O)[nH]1. The number of H-pyrrole nitrogens is 1. The van der Waals surface area contributed by atoms with E-state index in [2.05, 4.69) is 9.97 Å². The number of halogens is 1. The van der Waals surface area contributed by atoms with Crippen LogP contribution in [0.25, 0.3) is 0 Å². The van der Waals surface area contributed by atoms with Crippen LogP contribution < -0.4 is 11.3 Å². The average Bonchev–Trinajstić information content (AvgIpc) is 2.32. The first-order valence-electron chi connectivity index (χ1n) is 5.82. The maximum atomic E-state index is 11.3. The van der Waals surface area contributed by atoms with Crippen molar-refractivity contribution in [2.75, 3.05) is 0 Å². The van der Waals surface area contributed by atoms with Crippen molar-refractivity contribution in [1.29, 1.82) is 0 Å². The molecule has 2 aromatic rings. The van der Waals surface area contributed by atoms with Gasteiger partial charge in [-0.25, -0.2) is 4.98 Å². The van der Waals surface area contributed by atoms with Crippen molar-refractivity contribution in [3.63, 3.8) is 0 Å². The fourth-order valence-corrected chi connectivity index (χ4v) is 2.83. The van der Waals surface area contributed by atoms with Crippen molar-refractivity contribution in [3.8, 4) is 0 Å². The molecular weight excluding hydrogens is 282 g/mol. The van der Waals surface area contributed by atoms with E-state index < -0.39 is 0 Å². The molecule has 1 aromatic carbocycles. The third kappa shape index (κ3) is 4.09. The molecule has 4 nitrogen and oxygen atoms in total. The number of aromatic amines is 1. The quantitative estimate of drug-likeness (QED) is 0.850. The Bertz CT molecular complexity index is 627. The zero-order chi connectivity index (χ0) is 13.8. The third-order valence-electron chi connectivity index (χ3n) is 2.43. The van der Waals surface area contributed by atoms with E-state index >= 15 is 0 Å². The minimum absolute atomic E-state index is 0.0586. The summed E-state index contributed by atoms with van der Waals surface area (Å²) in [6.45, 7) is 1.95. The van der Waals surface area contributed by atoms with Gasteiger partial charge in [0.05, 0.1) is 0 Å². The van der Waals surface area contributed by atoms with Gasteiger partial charge in [0.1, 0.15) is 0 Å². The van der Waals surface area contributed by atoms with E-state index in [4.69, 9.17) is 17.3 Å². The Morgan fingerprint density at radius 3 is 2.95 bits per heavy atom. The second kappa shape index (κ2) is 6.23. The number of hydrogen-bond donors (Lipinski definition) is 2. The van der Waals surface area contributed by atoms with E-state index in [1.165, 1.54) is 24.0 Å². The molecule has 0 saturated heterocycles. The molecule has 6 heteroatoms. The van der Waals surface area contributed by atoms with Crippen LogP contribution in [0.4, 0.5) is 0 Å². The average molecular weight is 296 g/mol. The second-order valence-corrected chi connectivity index (χ2v) is 5.74. The Labute approximate surface area is 120 Å². The topological polar surface area (TPSA) is 71.8 Å². The Kier molecular flexibility index (Phi) is 4.63. The minimum atomic E-state index is -0.173. The zero-order valence-corrected chi connectivity index (χ0v) is 12.0. The summed E-state index contributed by atoms with van der Waals surface area (Å²) in [5.41, 5.74) is 6.75. The van der Waals surface area contributed by atoms with E-state index in [0.29, 0.717) is 10.2 Å². The first-order chi connectivity index (χ1) is 9.04. The summed E-state index contributed by atoms with van der Waals surface area (Å²) in [6.07, 6.45) is 2.23. The normalized spacial score (nSPS) is 12.4. The van der Waals surface area contributed by atoms with E-state index in [-0.39, 0.29) is 11.6 Å². The summed E-state index contributed by atoms with van der Waals surface area (Å²) in [6, 6.07) is 7.09. The molecule has 0 radical (unpaired) electrons. The number of nitrogens with one attached hydrogen (secondary N) is 1. The van der Waals surface area contributed by atoms with Gasteiger partial charge in [-0.2, -0.15) is 0 Å². The molecule has 0 fully saturated rings. The summed E-state index contributed by atoms with van der Waals surface area (Å²) in [4.78, 5) is 19.0. The summed E-state index contributed by atoms with van der Waals surface area (Å²) in [5.74, 6) is 0. The van der Waals surface area contributed by atoms with Crippen LogP contribution in [-0.4, -0.2) is 16.0 Å². The third-order valence-corrected chi connectivity index (χ3v) is 3.66. The van der Waals surface area contributed by atoms with Crippen LogP contribution >= 0.6 is 23.4 Å². The highest BCUT2D eigenvalue weighted by Gasteiger charge is 2.09. The van der Waals surface area contributed by atoms with Crippen molar-refractivity contribution in [2.24, 2.45) is 5.73 Å². The molecule has 0 aliphatic heterocycles. The van der Waals surface area contributed by atoms with Crippen molar-refractivity contribution in [1.82, 2.24) is 9.97 Å². The molecule has 1 unspecified atom stereocenters. The van der Waals surface area contributed by atoms with Crippen LogP contribution in [0, 0.1) is 0 Å². The molecule has 1 atom stereocenters. The molecule has 0 amide bonds. The molecule has 3 N–H and O–H groups in total. The maximum absolute atomic E-state index is 11.3. The van der Waals surface area contributed by atoms with Gasteiger partial charge >= 0.3 is 0 Å². The van der Waals surface area contributed by atoms with E-state index in [0.717, 1.165) is 16.9 Å². The summed E-state index contributed by atoms with van der Waals surface area (Å²) < 4.78 is 0. The van der Waals surface area contributed by atoms with Gasteiger partial charge in [0, 0.05) is 28.2 Å². The standard InChI is InChI=1S/C13H14ClN3OS/c1-8(15)6-9-2-3-10(14)7-11(9)19-13-16-5-4-12(18)17-13/h2-5,7-8H,6,15H2,1H3,(H,16,17,18). The number of benzene rings is 1. The van der Waals surface area contributed by atoms with Gasteiger partial charge in [-0.1, -0.05) is 29.4 Å². The Morgan fingerprint density at radius 2 is 2.26 bits per heavy atom. The number of hydrogen-bond acceptors (Lipinski definition) is 4. The van der Waals surface area contributed by atoms with E-state index in [1.807, 2.05) is 25.1 Å². The molecule has 0 aliphatic rings. The van der Waals surface area contributed by atoms with Crippen LogP contribution in [0.3, 0.4) is 0 Å². The van der Waals surface area contributed by atoms with Crippen LogP contribution in [0.5, 0.6) is 0 Å². The highest BCUT2D eigenvalue weighted by molar-refractivity contribution is 7.99. The second-order valence-electron chi connectivity index (χ2n) is 4.27. The largest absolute Gasteiger partial charge is 0.328 e. The van der Waals surface area contributed by atoms with Gasteiger partial charge in [0.2, 0.25) is 0 Å². The van der Waals surface area contributed by atoms with Crippen molar-refractivity contribution < 1.29 is 0 Å². The van der Waals surface area contributed by atoms with Gasteiger partial charge in [-0.3, -0.25) is 4.79 Å². The monoisotopic (exact) mass is 295 g/mol. The number of aromatic nitrogens is 2. The predicted molar refractivity (Wildman–Crippen MR) is 77.8 cm³/mol. The van der Waals surface area contributed by atoms with Crippen LogP contribution in [0.1, 0.15) is 12.5 Å². The molecule has 100 valence electrons. The smallest absolute Gasteiger partial charge is 0.251 e. The van der Waals surface area contributed by atoms with Gasteiger partial charge in [0.25, 0.3) is 5.56 Å². The molecule has 0 bridgehead atoms. The van der Waals surface area contributed by atoms with Crippen molar-refractivity contribution in [3.05, 3.63) is 51.4 Å². The molecule has 19 heavy (non-hydrogen) atoms. The highest BCUT2D eigenvalue weighted by Crippen LogP contribution is 2.30. The molecular formula is C13H14ClN3OS. The van der Waals surface area contributed by atoms with E-state index in [1.54, 1.807) is 0 Å². The molecule has 1 aromatic heterocycles. The van der Waals surface area contributed by atoms with Gasteiger partial charge < -0.3 is 10.7 Å². The van der Waals surface area contributed by atoms with Crippen LogP contribution in [-0.2, 0) is 6.42 Å². The molecule has 0 aliphatic carbocycles. The minimum Gasteiger partial charge on any atom is -0.328 e. The number of nitrogens with zero attached hydrogens (tertiary/aromatic N) is 1. The lowest BCUT2D eigenvalue weighted by atomic mass is 10.1. The van der Waals surface area contributed by atoms with Crippen LogP contribution in [0.15, 0.2) is 45.3 Å². The number of nitrogens with two attached hydrogens (primary N) is 1. The van der Waals surface area contributed by atoms with Crippen LogP contribution in [0.2, 0.25) is 5.02 Å². The molecule has 1 heterocycles. The van der Waals surface area contributed by atoms with Gasteiger partial charge in [-0.15, -0.1) is 0 Å². The zero-order valence-electron chi connectivity index (χ0n) is 10.4. The number of rotatable bonds is 4. The lowest BCUT2D eigenvalue weighted by Crippen LogP contribution is -2.18. The summed E-state index contributed by atoms with van der Waals surface area (Å²) in [7, 11) is 0. The highest BCUT2D eigenvalue weighted by atomic mass is 35.5. The molecule has 2 rings (SSSR count). The fraction of sp³-hybridized carbons (Fsp3) is 0.231. The Morgan fingerprint density at radius 1 is 1.47 bits per heavy atom. The van der Waals surface area contributed by atoms with Crippen molar-refractivity contribution in [2.45, 2.75) is 29.4 Å². The Hall–Kier alpha value is -1.30. The predicted octanol–water partition coefficient (Wildman–Crippen LogP) is 2.46. The fourth-order valence-electron chi connectivity index (χ4n) is 1.65. The first kappa shape index (κ1) is 14.1. The lowest BCUT2D eigenvalue weighted by Gasteiger charge is -2.11. The van der Waals surface area contributed by atoms with Crippen molar-refractivity contribution >= 4 is 23.4 Å². The maximum Gasteiger partial charge on any atom is 0.251 e. The first-order valence-corrected chi connectivity index (χ1v) is 7.01. The summed E-state index contributed by atoms with van der Waals surface area (Å²) in [5, 5.41) is 1.19. The van der Waals surface area contributed by atoms with Gasteiger partial charge in [-0.05, 0) is 31.0 Å². The Balaban J connectivity index is 2.32. The van der Waals surface area contributed by atoms with Gasteiger partial charge in [0.15, 0.2) is 5.16 Å². The molecule has 0 spiro atoms. The lowest BCUT2D eigenvalue weighted by molar-refractivity contribution is 0.729. The molecule has 0 saturated carbocycles.